The molecule has 1 aliphatic rings. The molecule has 1 aromatic heterocycles. The summed E-state index contributed by atoms with van der Waals surface area (Å²) in [7, 11) is 0. The van der Waals surface area contributed by atoms with Gasteiger partial charge in [0.15, 0.2) is 0 Å². The van der Waals surface area contributed by atoms with E-state index in [2.05, 4.69) is 6.92 Å². The molecular weight excluding hydrogens is 244 g/mol. The Morgan fingerprint density at radius 2 is 2.05 bits per heavy atom. The molecule has 0 spiro atoms. The van der Waals surface area contributed by atoms with Crippen molar-refractivity contribution in [3.63, 3.8) is 0 Å². The van der Waals surface area contributed by atoms with Crippen LogP contribution in [0.5, 0.6) is 5.75 Å². The third-order valence-corrected chi connectivity index (χ3v) is 3.36. The van der Waals surface area contributed by atoms with Crippen LogP contribution < -0.4 is 10.4 Å². The largest absolute Gasteiger partial charge is 0.493 e. The molecule has 1 unspecified atom stereocenters. The van der Waals surface area contributed by atoms with Crippen molar-refractivity contribution in [2.75, 3.05) is 6.61 Å². The van der Waals surface area contributed by atoms with Crippen LogP contribution in [0.3, 0.4) is 0 Å². The molecule has 0 aliphatic carbocycles. The van der Waals surface area contributed by atoms with E-state index in [9.17, 15) is 4.79 Å². The average Bonchev–Trinajstić information content (AvgIpc) is 3.17. The highest BCUT2D eigenvalue weighted by Gasteiger charge is 2.36. The minimum absolute atomic E-state index is 0.346. The summed E-state index contributed by atoms with van der Waals surface area (Å²) >= 11 is 0. The van der Waals surface area contributed by atoms with Crippen LogP contribution in [-0.2, 0) is 4.74 Å². The minimum atomic E-state index is -0.346. The van der Waals surface area contributed by atoms with Gasteiger partial charge in [-0.3, -0.25) is 0 Å². The zero-order valence-corrected chi connectivity index (χ0v) is 10.8. The van der Waals surface area contributed by atoms with Gasteiger partial charge in [-0.1, -0.05) is 6.92 Å². The van der Waals surface area contributed by atoms with Crippen LogP contribution in [0.4, 0.5) is 0 Å². The van der Waals surface area contributed by atoms with Crippen molar-refractivity contribution >= 4 is 11.0 Å². The van der Waals surface area contributed by atoms with E-state index in [1.165, 1.54) is 6.07 Å². The van der Waals surface area contributed by atoms with Gasteiger partial charge >= 0.3 is 5.63 Å². The summed E-state index contributed by atoms with van der Waals surface area (Å²) in [5.41, 5.74) is 0.209. The lowest BCUT2D eigenvalue weighted by Crippen LogP contribution is -2.03. The predicted molar refractivity (Wildman–Crippen MR) is 71.5 cm³/mol. The van der Waals surface area contributed by atoms with Crippen LogP contribution in [0.25, 0.3) is 11.0 Å². The van der Waals surface area contributed by atoms with Gasteiger partial charge in [0, 0.05) is 23.9 Å². The fraction of sp³-hybridized carbons (Fsp3) is 0.400. The maximum atomic E-state index is 11.2. The van der Waals surface area contributed by atoms with Gasteiger partial charge < -0.3 is 13.9 Å². The Morgan fingerprint density at radius 1 is 1.21 bits per heavy atom. The number of ether oxygens (including phenoxy) is 2. The summed E-state index contributed by atoms with van der Waals surface area (Å²) < 4.78 is 16.2. The second-order valence-corrected chi connectivity index (χ2v) is 4.71. The Bertz CT molecular complexity index is 631. The number of epoxide rings is 1. The van der Waals surface area contributed by atoms with E-state index in [0.717, 1.165) is 24.0 Å². The van der Waals surface area contributed by atoms with Crippen molar-refractivity contribution in [2.24, 2.45) is 0 Å². The van der Waals surface area contributed by atoms with Gasteiger partial charge in [-0.15, -0.1) is 0 Å². The van der Waals surface area contributed by atoms with Gasteiger partial charge in [0.2, 0.25) is 0 Å². The number of fused-ring (bicyclic) bond motifs is 1. The molecule has 2 aromatic rings. The lowest BCUT2D eigenvalue weighted by molar-refractivity contribution is 0.280. The summed E-state index contributed by atoms with van der Waals surface area (Å²) in [5, 5.41) is 0.892. The molecule has 0 radical (unpaired) electrons. The molecule has 4 heteroatoms. The molecule has 1 fully saturated rings. The molecule has 0 amide bonds. The summed E-state index contributed by atoms with van der Waals surface area (Å²) in [5.74, 6) is 0.718. The third kappa shape index (κ3) is 2.79. The van der Waals surface area contributed by atoms with E-state index in [4.69, 9.17) is 13.9 Å². The Hall–Kier alpha value is -1.81. The van der Waals surface area contributed by atoms with E-state index in [1.54, 1.807) is 12.1 Å². The van der Waals surface area contributed by atoms with Gasteiger partial charge in [-0.05, 0) is 24.6 Å². The quantitative estimate of drug-likeness (QED) is 0.612. The molecular formula is C15H16O4. The van der Waals surface area contributed by atoms with Crippen molar-refractivity contribution in [1.82, 2.24) is 0 Å². The summed E-state index contributed by atoms with van der Waals surface area (Å²) in [6.45, 7) is 2.74. The Labute approximate surface area is 110 Å². The number of rotatable bonds is 5. The normalized spacial score (nSPS) is 21.5. The topological polar surface area (TPSA) is 52.0 Å². The third-order valence-electron chi connectivity index (χ3n) is 3.36. The first-order valence-corrected chi connectivity index (χ1v) is 6.58. The monoisotopic (exact) mass is 260 g/mol. The van der Waals surface area contributed by atoms with Crippen LogP contribution in [0, 0.1) is 0 Å². The fourth-order valence-electron chi connectivity index (χ4n) is 2.22. The number of hydrogen-bond acceptors (Lipinski definition) is 4. The zero-order valence-electron chi connectivity index (χ0n) is 10.8. The Morgan fingerprint density at radius 3 is 2.84 bits per heavy atom. The average molecular weight is 260 g/mol. The van der Waals surface area contributed by atoms with Crippen LogP contribution in [0.2, 0.25) is 0 Å². The molecule has 0 N–H and O–H groups in total. The van der Waals surface area contributed by atoms with Gasteiger partial charge in [-0.25, -0.2) is 4.79 Å². The molecule has 0 saturated carbocycles. The van der Waals surface area contributed by atoms with Crippen molar-refractivity contribution in [3.05, 3.63) is 40.8 Å². The van der Waals surface area contributed by atoms with E-state index in [1.807, 2.05) is 12.1 Å². The highest BCUT2D eigenvalue weighted by molar-refractivity contribution is 5.77. The second kappa shape index (κ2) is 5.05. The molecule has 3 rings (SSSR count). The number of hydrogen-bond donors (Lipinski definition) is 0. The Kier molecular flexibility index (Phi) is 3.25. The highest BCUT2D eigenvalue weighted by atomic mass is 16.6. The first kappa shape index (κ1) is 12.2. The van der Waals surface area contributed by atoms with Crippen LogP contribution in [0.15, 0.2) is 39.5 Å². The SMILES string of the molecule is CCC1O[C@H]1CCOc1ccc2ccc(=O)oc2c1. The van der Waals surface area contributed by atoms with E-state index >= 15 is 0 Å². The standard InChI is InChI=1S/C15H16O4/c1-2-12-13(18-12)7-8-17-11-5-3-10-4-6-15(16)19-14(10)9-11/h3-6,9,12-13H,2,7-8H2,1H3/t12?,13-/m0/s1. The first-order chi connectivity index (χ1) is 9.26. The van der Waals surface area contributed by atoms with Crippen LogP contribution >= 0.6 is 0 Å². The fourth-order valence-corrected chi connectivity index (χ4v) is 2.22. The second-order valence-electron chi connectivity index (χ2n) is 4.71. The van der Waals surface area contributed by atoms with E-state index in [0.29, 0.717) is 24.4 Å². The van der Waals surface area contributed by atoms with Crippen LogP contribution in [0.1, 0.15) is 19.8 Å². The molecule has 1 saturated heterocycles. The van der Waals surface area contributed by atoms with Gasteiger partial charge in [0.05, 0.1) is 18.8 Å². The lowest BCUT2D eigenvalue weighted by Gasteiger charge is -2.05. The van der Waals surface area contributed by atoms with Crippen molar-refractivity contribution in [3.8, 4) is 5.75 Å². The van der Waals surface area contributed by atoms with Crippen molar-refractivity contribution in [1.29, 1.82) is 0 Å². The van der Waals surface area contributed by atoms with E-state index in [-0.39, 0.29) is 5.63 Å². The molecule has 19 heavy (non-hydrogen) atoms. The minimum Gasteiger partial charge on any atom is -0.493 e. The van der Waals surface area contributed by atoms with Crippen molar-refractivity contribution < 1.29 is 13.9 Å². The van der Waals surface area contributed by atoms with Crippen molar-refractivity contribution in [2.45, 2.75) is 32.0 Å². The van der Waals surface area contributed by atoms with Gasteiger partial charge in [0.1, 0.15) is 11.3 Å². The maximum Gasteiger partial charge on any atom is 0.336 e. The molecule has 2 atom stereocenters. The smallest absolute Gasteiger partial charge is 0.336 e. The Balaban J connectivity index is 1.63. The summed E-state index contributed by atoms with van der Waals surface area (Å²) in [6.07, 6.45) is 2.72. The van der Waals surface area contributed by atoms with Gasteiger partial charge in [0.25, 0.3) is 0 Å². The zero-order chi connectivity index (χ0) is 13.2. The van der Waals surface area contributed by atoms with E-state index < -0.39 is 0 Å². The predicted octanol–water partition coefficient (Wildman–Crippen LogP) is 2.74. The highest BCUT2D eigenvalue weighted by Crippen LogP contribution is 2.28. The molecule has 1 aromatic carbocycles. The molecule has 1 aliphatic heterocycles. The van der Waals surface area contributed by atoms with Crippen LogP contribution in [-0.4, -0.2) is 18.8 Å². The molecule has 2 heterocycles. The molecule has 0 bridgehead atoms. The maximum absolute atomic E-state index is 11.2. The lowest BCUT2D eigenvalue weighted by atomic mass is 10.2. The number of benzene rings is 1. The summed E-state index contributed by atoms with van der Waals surface area (Å²) in [6, 6.07) is 8.68. The summed E-state index contributed by atoms with van der Waals surface area (Å²) in [4.78, 5) is 11.2. The molecule has 4 nitrogen and oxygen atoms in total. The van der Waals surface area contributed by atoms with Gasteiger partial charge in [-0.2, -0.15) is 0 Å². The first-order valence-electron chi connectivity index (χ1n) is 6.58. The molecule has 100 valence electrons.